The lowest BCUT2D eigenvalue weighted by Crippen LogP contribution is -2.59. The minimum atomic E-state index is -0.249. The summed E-state index contributed by atoms with van der Waals surface area (Å²) in [5.74, 6) is 0.537. The summed E-state index contributed by atoms with van der Waals surface area (Å²) >= 11 is 0. The highest BCUT2D eigenvalue weighted by Crippen LogP contribution is 2.16. The largest absolute Gasteiger partial charge is 0.345 e. The molecule has 0 spiro atoms. The fourth-order valence-corrected chi connectivity index (χ4v) is 2.41. The lowest BCUT2D eigenvalue weighted by Gasteiger charge is -2.36. The third-order valence-electron chi connectivity index (χ3n) is 3.27. The Bertz CT molecular complexity index is 279. The Morgan fingerprint density at radius 2 is 2.06 bits per heavy atom. The zero-order valence-electron chi connectivity index (χ0n) is 11.2. The molecule has 4 nitrogen and oxygen atoms in total. The molecule has 0 saturated carbocycles. The second kappa shape index (κ2) is 6.62. The number of nitrogens with one attached hydrogen (secondary N) is 1. The molecule has 1 heterocycles. The number of hydrogen-bond donors (Lipinski definition) is 1. The van der Waals surface area contributed by atoms with Gasteiger partial charge in [0.2, 0.25) is 11.8 Å². The van der Waals surface area contributed by atoms with Gasteiger partial charge in [-0.05, 0) is 18.8 Å². The molecule has 0 aromatic rings. The molecule has 0 aliphatic carbocycles. The first kappa shape index (κ1) is 14.0. The van der Waals surface area contributed by atoms with Crippen LogP contribution in [-0.4, -0.2) is 35.8 Å². The summed E-state index contributed by atoms with van der Waals surface area (Å²) in [7, 11) is 0. The number of amides is 2. The van der Waals surface area contributed by atoms with Gasteiger partial charge in [0.1, 0.15) is 6.04 Å². The number of rotatable bonds is 6. The van der Waals surface area contributed by atoms with E-state index in [9.17, 15) is 9.59 Å². The van der Waals surface area contributed by atoms with Gasteiger partial charge in [-0.2, -0.15) is 0 Å². The van der Waals surface area contributed by atoms with Crippen LogP contribution in [0.5, 0.6) is 0 Å². The molecule has 2 amide bonds. The van der Waals surface area contributed by atoms with Crippen molar-refractivity contribution >= 4 is 11.8 Å². The summed E-state index contributed by atoms with van der Waals surface area (Å²) in [4.78, 5) is 25.4. The van der Waals surface area contributed by atoms with Crippen molar-refractivity contribution in [3.8, 4) is 0 Å². The molecular formula is C13H24N2O2. The first-order valence-corrected chi connectivity index (χ1v) is 6.67. The van der Waals surface area contributed by atoms with Crippen LogP contribution in [0.2, 0.25) is 0 Å². The smallest absolute Gasteiger partial charge is 0.243 e. The van der Waals surface area contributed by atoms with Gasteiger partial charge in [0.15, 0.2) is 0 Å². The molecular weight excluding hydrogens is 216 g/mol. The van der Waals surface area contributed by atoms with Gasteiger partial charge < -0.3 is 10.2 Å². The molecule has 2 unspecified atom stereocenters. The molecule has 1 fully saturated rings. The highest BCUT2D eigenvalue weighted by molar-refractivity contribution is 5.94. The maximum atomic E-state index is 11.9. The van der Waals surface area contributed by atoms with E-state index in [4.69, 9.17) is 0 Å². The summed E-state index contributed by atoms with van der Waals surface area (Å²) in [6.07, 6.45) is 3.90. The normalized spacial score (nSPS) is 22.5. The molecule has 0 bridgehead atoms. The molecule has 1 aliphatic rings. The molecule has 1 rings (SSSR count). The van der Waals surface area contributed by atoms with Crippen LogP contribution in [0, 0.1) is 5.92 Å². The monoisotopic (exact) mass is 240 g/mol. The van der Waals surface area contributed by atoms with Crippen LogP contribution in [0.15, 0.2) is 0 Å². The average molecular weight is 240 g/mol. The second-order valence-electron chi connectivity index (χ2n) is 4.96. The van der Waals surface area contributed by atoms with Gasteiger partial charge in [-0.3, -0.25) is 9.59 Å². The maximum Gasteiger partial charge on any atom is 0.243 e. The Balaban J connectivity index is 2.67. The highest BCUT2D eigenvalue weighted by atomic mass is 16.2. The van der Waals surface area contributed by atoms with Crippen molar-refractivity contribution in [1.29, 1.82) is 0 Å². The van der Waals surface area contributed by atoms with E-state index in [1.54, 1.807) is 4.90 Å². The van der Waals surface area contributed by atoms with Gasteiger partial charge in [-0.15, -0.1) is 0 Å². The third-order valence-corrected chi connectivity index (χ3v) is 3.27. The number of hydrogen-bond acceptors (Lipinski definition) is 2. The highest BCUT2D eigenvalue weighted by Gasteiger charge is 2.33. The predicted octanol–water partition coefficient (Wildman–Crippen LogP) is 1.55. The van der Waals surface area contributed by atoms with E-state index in [0.717, 1.165) is 25.7 Å². The van der Waals surface area contributed by atoms with Gasteiger partial charge in [-0.1, -0.05) is 33.6 Å². The maximum absolute atomic E-state index is 11.9. The van der Waals surface area contributed by atoms with Gasteiger partial charge in [0.05, 0.1) is 6.54 Å². The van der Waals surface area contributed by atoms with Crippen molar-refractivity contribution < 1.29 is 9.59 Å². The van der Waals surface area contributed by atoms with Gasteiger partial charge in [0.25, 0.3) is 0 Å². The number of carbonyl (C=O) groups is 2. The lowest BCUT2D eigenvalue weighted by atomic mass is 10.0. The van der Waals surface area contributed by atoms with Crippen molar-refractivity contribution in [1.82, 2.24) is 10.2 Å². The van der Waals surface area contributed by atoms with Crippen LogP contribution >= 0.6 is 0 Å². The topological polar surface area (TPSA) is 49.4 Å². The SMILES string of the molecule is CCCC(C)CN1C(=O)CNC(=O)C1CCC. The van der Waals surface area contributed by atoms with Crippen molar-refractivity contribution in [3.05, 3.63) is 0 Å². The zero-order valence-corrected chi connectivity index (χ0v) is 11.2. The summed E-state index contributed by atoms with van der Waals surface area (Å²) in [6.45, 7) is 7.21. The molecule has 1 saturated heterocycles. The third kappa shape index (κ3) is 3.72. The van der Waals surface area contributed by atoms with Crippen molar-refractivity contribution in [2.75, 3.05) is 13.1 Å². The number of carbonyl (C=O) groups excluding carboxylic acids is 2. The molecule has 0 radical (unpaired) electrons. The molecule has 0 aromatic heterocycles. The van der Waals surface area contributed by atoms with Crippen LogP contribution in [0.25, 0.3) is 0 Å². The zero-order chi connectivity index (χ0) is 12.8. The van der Waals surface area contributed by atoms with Gasteiger partial charge in [0, 0.05) is 6.54 Å². The first-order chi connectivity index (χ1) is 8.10. The van der Waals surface area contributed by atoms with Crippen molar-refractivity contribution in [2.45, 2.75) is 52.5 Å². The molecule has 17 heavy (non-hydrogen) atoms. The van der Waals surface area contributed by atoms with E-state index in [1.165, 1.54) is 0 Å². The van der Waals surface area contributed by atoms with Gasteiger partial charge >= 0.3 is 0 Å². The van der Waals surface area contributed by atoms with Crippen molar-refractivity contribution in [2.24, 2.45) is 5.92 Å². The van der Waals surface area contributed by atoms with E-state index in [2.05, 4.69) is 19.2 Å². The van der Waals surface area contributed by atoms with E-state index < -0.39 is 0 Å². The number of piperazine rings is 1. The average Bonchev–Trinajstić information content (AvgIpc) is 2.29. The van der Waals surface area contributed by atoms with Crippen LogP contribution in [-0.2, 0) is 9.59 Å². The molecule has 2 atom stereocenters. The van der Waals surface area contributed by atoms with Crippen LogP contribution < -0.4 is 5.32 Å². The van der Waals surface area contributed by atoms with Crippen LogP contribution in [0.1, 0.15) is 46.5 Å². The quantitative estimate of drug-likeness (QED) is 0.766. The predicted molar refractivity (Wildman–Crippen MR) is 67.5 cm³/mol. The van der Waals surface area contributed by atoms with E-state index in [-0.39, 0.29) is 24.4 Å². The van der Waals surface area contributed by atoms with Crippen LogP contribution in [0.4, 0.5) is 0 Å². The molecule has 1 N–H and O–H groups in total. The molecule has 0 aromatic carbocycles. The second-order valence-corrected chi connectivity index (χ2v) is 4.96. The Hall–Kier alpha value is -1.06. The molecule has 4 heteroatoms. The Morgan fingerprint density at radius 3 is 2.65 bits per heavy atom. The summed E-state index contributed by atoms with van der Waals surface area (Å²) < 4.78 is 0. The Morgan fingerprint density at radius 1 is 1.35 bits per heavy atom. The number of nitrogens with zero attached hydrogens (tertiary/aromatic N) is 1. The van der Waals surface area contributed by atoms with Crippen LogP contribution in [0.3, 0.4) is 0 Å². The fraction of sp³-hybridized carbons (Fsp3) is 0.846. The van der Waals surface area contributed by atoms with Gasteiger partial charge in [-0.25, -0.2) is 0 Å². The van der Waals surface area contributed by atoms with E-state index in [0.29, 0.717) is 12.5 Å². The Labute approximate surface area is 104 Å². The lowest BCUT2D eigenvalue weighted by molar-refractivity contribution is -0.146. The minimum Gasteiger partial charge on any atom is -0.345 e. The minimum absolute atomic E-state index is 0.00940. The summed E-state index contributed by atoms with van der Waals surface area (Å²) in [5, 5.41) is 2.67. The standard InChI is InChI=1S/C13H24N2O2/c1-4-6-10(3)9-15-11(7-5-2)13(17)14-8-12(15)16/h10-11H,4-9H2,1-3H3,(H,14,17). The van der Waals surface area contributed by atoms with E-state index in [1.807, 2.05) is 6.92 Å². The van der Waals surface area contributed by atoms with Crippen molar-refractivity contribution in [3.63, 3.8) is 0 Å². The van der Waals surface area contributed by atoms with E-state index >= 15 is 0 Å². The Kier molecular flexibility index (Phi) is 5.45. The molecule has 98 valence electrons. The fourth-order valence-electron chi connectivity index (χ4n) is 2.41. The first-order valence-electron chi connectivity index (χ1n) is 6.67. The summed E-state index contributed by atoms with van der Waals surface area (Å²) in [5.41, 5.74) is 0. The summed E-state index contributed by atoms with van der Waals surface area (Å²) in [6, 6.07) is -0.249. The molecule has 1 aliphatic heterocycles.